The molecule has 0 spiro atoms. The van der Waals surface area contributed by atoms with Gasteiger partial charge >= 0.3 is 0 Å². The third-order valence-corrected chi connectivity index (χ3v) is 5.33. The molecule has 3 aliphatic rings. The van der Waals surface area contributed by atoms with E-state index < -0.39 is 0 Å². The lowest BCUT2D eigenvalue weighted by molar-refractivity contribution is -0.118. The van der Waals surface area contributed by atoms with Gasteiger partial charge in [-0.2, -0.15) is 0 Å². The van der Waals surface area contributed by atoms with E-state index in [0.29, 0.717) is 17.8 Å². The molecule has 1 saturated heterocycles. The van der Waals surface area contributed by atoms with E-state index in [2.05, 4.69) is 27.7 Å². The van der Waals surface area contributed by atoms with Crippen molar-refractivity contribution in [1.82, 2.24) is 5.32 Å². The molecule has 2 N–H and O–H groups in total. The van der Waals surface area contributed by atoms with Crippen LogP contribution in [0.1, 0.15) is 19.3 Å². The van der Waals surface area contributed by atoms with Crippen LogP contribution in [0, 0.1) is 17.8 Å². The van der Waals surface area contributed by atoms with Gasteiger partial charge in [0.15, 0.2) is 0 Å². The highest BCUT2D eigenvalue weighted by molar-refractivity contribution is 5.95. The van der Waals surface area contributed by atoms with E-state index in [9.17, 15) is 4.79 Å². The van der Waals surface area contributed by atoms with Gasteiger partial charge in [-0.1, -0.05) is 6.42 Å². The van der Waals surface area contributed by atoms with Gasteiger partial charge in [-0.15, -0.1) is 0 Å². The molecule has 0 aromatic heterocycles. The highest BCUT2D eigenvalue weighted by Gasteiger charge is 2.56. The van der Waals surface area contributed by atoms with Gasteiger partial charge in [0.1, 0.15) is 0 Å². The van der Waals surface area contributed by atoms with E-state index in [1.165, 1.54) is 24.9 Å². The Morgan fingerprint density at radius 2 is 1.76 bits per heavy atom. The predicted octanol–water partition coefficient (Wildman–Crippen LogP) is 2.08. The van der Waals surface area contributed by atoms with Gasteiger partial charge in [0.05, 0.1) is 0 Å². The minimum atomic E-state index is 0.236. The maximum Gasteiger partial charge on any atom is 0.228 e. The first kappa shape index (κ1) is 13.1. The fourth-order valence-corrected chi connectivity index (χ4v) is 4.11. The standard InChI is InChI=1S/C17H23N3O/c21-17(16-14-2-1-3-15(14)16)19-12-4-6-13(7-5-12)20-10-8-18-9-11-20/h4-7,14-16,18H,1-3,8-11H2,(H,19,21). The van der Waals surface area contributed by atoms with Crippen LogP contribution in [0.2, 0.25) is 0 Å². The van der Waals surface area contributed by atoms with Gasteiger partial charge in [0.25, 0.3) is 0 Å². The first-order valence-electron chi connectivity index (χ1n) is 8.19. The van der Waals surface area contributed by atoms with Crippen molar-refractivity contribution < 1.29 is 4.79 Å². The summed E-state index contributed by atoms with van der Waals surface area (Å²) < 4.78 is 0. The molecular weight excluding hydrogens is 262 g/mol. The average molecular weight is 285 g/mol. The first-order chi connectivity index (χ1) is 10.3. The molecule has 1 amide bonds. The first-order valence-corrected chi connectivity index (χ1v) is 8.19. The second-order valence-electron chi connectivity index (χ2n) is 6.56. The maximum atomic E-state index is 12.2. The maximum absolute atomic E-state index is 12.2. The Balaban J connectivity index is 1.36. The van der Waals surface area contributed by atoms with Crippen LogP contribution in [0.15, 0.2) is 24.3 Å². The van der Waals surface area contributed by atoms with E-state index in [-0.39, 0.29) is 5.91 Å². The normalized spacial score (nSPS) is 30.9. The van der Waals surface area contributed by atoms with Crippen molar-refractivity contribution in [3.63, 3.8) is 0 Å². The number of amides is 1. The van der Waals surface area contributed by atoms with Crippen molar-refractivity contribution >= 4 is 17.3 Å². The van der Waals surface area contributed by atoms with Gasteiger partial charge in [-0.25, -0.2) is 0 Å². The van der Waals surface area contributed by atoms with Crippen LogP contribution in [-0.4, -0.2) is 32.1 Å². The minimum absolute atomic E-state index is 0.236. The molecule has 2 unspecified atom stereocenters. The van der Waals surface area contributed by atoms with Gasteiger partial charge in [-0.05, 0) is 48.9 Å². The predicted molar refractivity (Wildman–Crippen MR) is 84.5 cm³/mol. The number of rotatable bonds is 3. The molecule has 112 valence electrons. The Bertz CT molecular complexity index is 511. The lowest BCUT2D eigenvalue weighted by Crippen LogP contribution is -2.43. The van der Waals surface area contributed by atoms with Crippen LogP contribution >= 0.6 is 0 Å². The van der Waals surface area contributed by atoms with Crippen molar-refractivity contribution in [2.24, 2.45) is 17.8 Å². The zero-order valence-electron chi connectivity index (χ0n) is 12.3. The molecule has 4 nitrogen and oxygen atoms in total. The summed E-state index contributed by atoms with van der Waals surface area (Å²) >= 11 is 0. The van der Waals surface area contributed by atoms with Crippen LogP contribution in [0.5, 0.6) is 0 Å². The Morgan fingerprint density at radius 3 is 2.43 bits per heavy atom. The molecular formula is C17H23N3O. The van der Waals surface area contributed by atoms with Gasteiger partial charge in [0, 0.05) is 43.5 Å². The SMILES string of the molecule is O=C(Nc1ccc(N2CCNCC2)cc1)C1C2CCCC21. The summed E-state index contributed by atoms with van der Waals surface area (Å²) in [6, 6.07) is 8.31. The van der Waals surface area contributed by atoms with Crippen LogP contribution in [0.25, 0.3) is 0 Å². The van der Waals surface area contributed by atoms with E-state index in [4.69, 9.17) is 0 Å². The van der Waals surface area contributed by atoms with Crippen molar-refractivity contribution in [3.8, 4) is 0 Å². The topological polar surface area (TPSA) is 44.4 Å². The molecule has 2 atom stereocenters. The highest BCUT2D eigenvalue weighted by atomic mass is 16.2. The van der Waals surface area contributed by atoms with Crippen LogP contribution in [-0.2, 0) is 4.79 Å². The zero-order valence-corrected chi connectivity index (χ0v) is 12.3. The molecule has 3 fully saturated rings. The number of fused-ring (bicyclic) bond motifs is 1. The molecule has 0 radical (unpaired) electrons. The zero-order chi connectivity index (χ0) is 14.2. The summed E-state index contributed by atoms with van der Waals surface area (Å²) in [5.41, 5.74) is 2.18. The largest absolute Gasteiger partial charge is 0.369 e. The Labute approximate surface area is 125 Å². The lowest BCUT2D eigenvalue weighted by atomic mass is 10.1. The minimum Gasteiger partial charge on any atom is -0.369 e. The average Bonchev–Trinajstić information content (AvgIpc) is 3.02. The smallest absolute Gasteiger partial charge is 0.228 e. The summed E-state index contributed by atoms with van der Waals surface area (Å²) in [5, 5.41) is 6.45. The van der Waals surface area contributed by atoms with E-state index >= 15 is 0 Å². The van der Waals surface area contributed by atoms with Crippen LogP contribution < -0.4 is 15.5 Å². The molecule has 1 aromatic carbocycles. The molecule has 21 heavy (non-hydrogen) atoms. The molecule has 0 bridgehead atoms. The fraction of sp³-hybridized carbons (Fsp3) is 0.588. The Hall–Kier alpha value is -1.55. The number of nitrogens with zero attached hydrogens (tertiary/aromatic N) is 1. The molecule has 1 aliphatic heterocycles. The quantitative estimate of drug-likeness (QED) is 0.894. The summed E-state index contributed by atoms with van der Waals surface area (Å²) in [4.78, 5) is 14.6. The molecule has 4 heteroatoms. The van der Waals surface area contributed by atoms with Crippen molar-refractivity contribution in [2.75, 3.05) is 36.4 Å². The number of anilines is 2. The third kappa shape index (κ3) is 2.53. The second-order valence-corrected chi connectivity index (χ2v) is 6.56. The Kier molecular flexibility index (Phi) is 3.34. The second kappa shape index (κ2) is 5.34. The Morgan fingerprint density at radius 1 is 1.10 bits per heavy atom. The summed E-state index contributed by atoms with van der Waals surface area (Å²) in [7, 11) is 0. The number of hydrogen-bond acceptors (Lipinski definition) is 3. The number of carbonyl (C=O) groups is 1. The molecule has 4 rings (SSSR count). The van der Waals surface area contributed by atoms with Crippen molar-refractivity contribution in [3.05, 3.63) is 24.3 Å². The summed E-state index contributed by atoms with van der Waals surface area (Å²) in [6.45, 7) is 4.19. The molecule has 1 heterocycles. The molecule has 2 aliphatic carbocycles. The van der Waals surface area contributed by atoms with E-state index in [0.717, 1.165) is 31.9 Å². The van der Waals surface area contributed by atoms with Gasteiger partial charge in [-0.3, -0.25) is 4.79 Å². The monoisotopic (exact) mass is 285 g/mol. The van der Waals surface area contributed by atoms with E-state index in [1.54, 1.807) is 0 Å². The van der Waals surface area contributed by atoms with Gasteiger partial charge in [0.2, 0.25) is 5.91 Å². The number of piperazine rings is 1. The third-order valence-electron chi connectivity index (χ3n) is 5.33. The van der Waals surface area contributed by atoms with Crippen LogP contribution in [0.4, 0.5) is 11.4 Å². The molecule has 2 saturated carbocycles. The molecule has 1 aromatic rings. The van der Waals surface area contributed by atoms with Crippen molar-refractivity contribution in [1.29, 1.82) is 0 Å². The fourth-order valence-electron chi connectivity index (χ4n) is 4.11. The highest BCUT2D eigenvalue weighted by Crippen LogP contribution is 2.57. The summed E-state index contributed by atoms with van der Waals surface area (Å²) in [6.07, 6.45) is 3.83. The lowest BCUT2D eigenvalue weighted by Gasteiger charge is -2.29. The number of hydrogen-bond donors (Lipinski definition) is 2. The number of nitrogens with one attached hydrogen (secondary N) is 2. The van der Waals surface area contributed by atoms with Crippen LogP contribution in [0.3, 0.4) is 0 Å². The number of benzene rings is 1. The van der Waals surface area contributed by atoms with E-state index in [1.807, 2.05) is 12.1 Å². The number of carbonyl (C=O) groups excluding carboxylic acids is 1. The van der Waals surface area contributed by atoms with Crippen molar-refractivity contribution in [2.45, 2.75) is 19.3 Å². The van der Waals surface area contributed by atoms with Gasteiger partial charge < -0.3 is 15.5 Å². The summed E-state index contributed by atoms with van der Waals surface area (Å²) in [5.74, 6) is 1.90.